The molecule has 0 radical (unpaired) electrons. The van der Waals surface area contributed by atoms with Gasteiger partial charge in [0.25, 0.3) is 0 Å². The van der Waals surface area contributed by atoms with Crippen molar-refractivity contribution < 1.29 is 8.42 Å². The summed E-state index contributed by atoms with van der Waals surface area (Å²) in [5.74, 6) is 0.272. The van der Waals surface area contributed by atoms with E-state index in [0.29, 0.717) is 6.42 Å². The van der Waals surface area contributed by atoms with Crippen molar-refractivity contribution in [3.63, 3.8) is 0 Å². The zero-order valence-electron chi connectivity index (χ0n) is 10.9. The highest BCUT2D eigenvalue weighted by atomic mass is 32.2. The van der Waals surface area contributed by atoms with Crippen LogP contribution in [-0.4, -0.2) is 27.5 Å². The largest absolute Gasteiger partial charge is 0.312 e. The van der Waals surface area contributed by atoms with E-state index in [0.717, 1.165) is 6.42 Å². The van der Waals surface area contributed by atoms with Crippen LogP contribution in [0.25, 0.3) is 0 Å². The molecule has 5 heteroatoms. The van der Waals surface area contributed by atoms with Gasteiger partial charge in [-0.1, -0.05) is 0 Å². The van der Waals surface area contributed by atoms with Crippen molar-refractivity contribution >= 4 is 21.2 Å². The Labute approximate surface area is 108 Å². The Morgan fingerprint density at radius 3 is 2.47 bits per heavy atom. The quantitative estimate of drug-likeness (QED) is 0.867. The normalized spacial score (nSPS) is 13.9. The highest BCUT2D eigenvalue weighted by Gasteiger charge is 2.13. The molecule has 17 heavy (non-hydrogen) atoms. The van der Waals surface area contributed by atoms with Gasteiger partial charge in [-0.15, -0.1) is 11.3 Å². The predicted molar refractivity (Wildman–Crippen MR) is 74.5 cm³/mol. The summed E-state index contributed by atoms with van der Waals surface area (Å²) >= 11 is 1.79. The van der Waals surface area contributed by atoms with Crippen LogP contribution in [0.5, 0.6) is 0 Å². The zero-order valence-corrected chi connectivity index (χ0v) is 12.5. The molecular formula is C12H21NO2S2. The van der Waals surface area contributed by atoms with E-state index in [1.165, 1.54) is 21.6 Å². The Bertz CT molecular complexity index is 443. The second-order valence-electron chi connectivity index (χ2n) is 4.50. The van der Waals surface area contributed by atoms with E-state index in [2.05, 4.69) is 25.2 Å². The number of thiophene rings is 1. The van der Waals surface area contributed by atoms with E-state index in [1.54, 1.807) is 11.3 Å². The van der Waals surface area contributed by atoms with Crippen LogP contribution in [0.4, 0.5) is 0 Å². The molecule has 0 aliphatic carbocycles. The minimum atomic E-state index is -2.84. The lowest BCUT2D eigenvalue weighted by Crippen LogP contribution is -2.16. The molecule has 0 saturated carbocycles. The SMILES string of the molecule is CNC(CCCS(C)(=O)=O)c1cc(C)c(C)s1. The minimum Gasteiger partial charge on any atom is -0.312 e. The maximum Gasteiger partial charge on any atom is 0.147 e. The average molecular weight is 275 g/mol. The molecule has 1 aromatic heterocycles. The Balaban J connectivity index is 2.60. The Morgan fingerprint density at radius 1 is 1.41 bits per heavy atom. The van der Waals surface area contributed by atoms with Gasteiger partial charge in [0.05, 0.1) is 0 Å². The van der Waals surface area contributed by atoms with Gasteiger partial charge in [-0.05, 0) is 45.4 Å². The van der Waals surface area contributed by atoms with E-state index in [9.17, 15) is 8.42 Å². The third kappa shape index (κ3) is 4.77. The van der Waals surface area contributed by atoms with Crippen LogP contribution >= 0.6 is 11.3 Å². The van der Waals surface area contributed by atoms with Gasteiger partial charge in [0, 0.05) is 27.8 Å². The topological polar surface area (TPSA) is 46.2 Å². The zero-order chi connectivity index (χ0) is 13.1. The fourth-order valence-electron chi connectivity index (χ4n) is 1.75. The fourth-order valence-corrected chi connectivity index (χ4v) is 3.63. The molecule has 0 spiro atoms. The molecule has 1 rings (SSSR count). The van der Waals surface area contributed by atoms with E-state index >= 15 is 0 Å². The maximum absolute atomic E-state index is 11.1. The van der Waals surface area contributed by atoms with Crippen molar-refractivity contribution in [3.8, 4) is 0 Å². The van der Waals surface area contributed by atoms with Crippen LogP contribution in [-0.2, 0) is 9.84 Å². The van der Waals surface area contributed by atoms with Crippen molar-refractivity contribution in [2.24, 2.45) is 0 Å². The van der Waals surface area contributed by atoms with Gasteiger partial charge >= 0.3 is 0 Å². The molecule has 0 fully saturated rings. The maximum atomic E-state index is 11.1. The lowest BCUT2D eigenvalue weighted by molar-refractivity contribution is 0.543. The van der Waals surface area contributed by atoms with Gasteiger partial charge in [-0.3, -0.25) is 0 Å². The summed E-state index contributed by atoms with van der Waals surface area (Å²) in [7, 11) is -0.911. The third-order valence-electron chi connectivity index (χ3n) is 2.88. The van der Waals surface area contributed by atoms with Crippen LogP contribution < -0.4 is 5.32 Å². The van der Waals surface area contributed by atoms with Crippen LogP contribution in [0.2, 0.25) is 0 Å². The number of hydrogen-bond donors (Lipinski definition) is 1. The van der Waals surface area contributed by atoms with Crippen LogP contribution in [0.1, 0.15) is 34.2 Å². The summed E-state index contributed by atoms with van der Waals surface area (Å²) in [5, 5.41) is 3.26. The molecule has 1 atom stereocenters. The van der Waals surface area contributed by atoms with Crippen LogP contribution in [0.3, 0.4) is 0 Å². The number of nitrogens with one attached hydrogen (secondary N) is 1. The molecule has 0 amide bonds. The Kier molecular flexibility index (Phi) is 5.16. The fraction of sp³-hybridized carbons (Fsp3) is 0.667. The first kappa shape index (κ1) is 14.7. The third-order valence-corrected chi connectivity index (χ3v) is 5.18. The van der Waals surface area contributed by atoms with Gasteiger partial charge in [-0.25, -0.2) is 8.42 Å². The van der Waals surface area contributed by atoms with Gasteiger partial charge < -0.3 is 5.32 Å². The first-order valence-corrected chi connectivity index (χ1v) is 8.63. The Hall–Kier alpha value is -0.390. The average Bonchev–Trinajstić information content (AvgIpc) is 2.52. The van der Waals surface area contributed by atoms with Crippen molar-refractivity contribution in [3.05, 3.63) is 21.4 Å². The molecule has 0 aliphatic heterocycles. The number of hydrogen-bond acceptors (Lipinski definition) is 4. The van der Waals surface area contributed by atoms with Crippen molar-refractivity contribution in [2.75, 3.05) is 19.1 Å². The summed E-state index contributed by atoms with van der Waals surface area (Å²) < 4.78 is 22.2. The smallest absolute Gasteiger partial charge is 0.147 e. The summed E-state index contributed by atoms with van der Waals surface area (Å²) in [6, 6.07) is 2.47. The van der Waals surface area contributed by atoms with Gasteiger partial charge in [-0.2, -0.15) is 0 Å². The molecular weight excluding hydrogens is 254 g/mol. The molecule has 1 unspecified atom stereocenters. The second kappa shape index (κ2) is 5.98. The lowest BCUT2D eigenvalue weighted by Gasteiger charge is -2.13. The molecule has 0 aliphatic rings. The number of sulfone groups is 1. The molecule has 0 saturated heterocycles. The monoisotopic (exact) mass is 275 g/mol. The molecule has 1 aromatic rings. The molecule has 3 nitrogen and oxygen atoms in total. The first-order valence-electron chi connectivity index (χ1n) is 5.75. The van der Waals surface area contributed by atoms with Crippen LogP contribution in [0, 0.1) is 13.8 Å². The summed E-state index contributed by atoms with van der Waals surface area (Å²) in [5.41, 5.74) is 1.31. The lowest BCUT2D eigenvalue weighted by atomic mass is 10.1. The summed E-state index contributed by atoms with van der Waals surface area (Å²) in [6.45, 7) is 4.23. The van der Waals surface area contributed by atoms with Gasteiger partial charge in [0.2, 0.25) is 0 Å². The first-order chi connectivity index (χ1) is 7.83. The summed E-state index contributed by atoms with van der Waals surface area (Å²) in [4.78, 5) is 2.64. The molecule has 1 N–H and O–H groups in total. The Morgan fingerprint density at radius 2 is 2.06 bits per heavy atom. The minimum absolute atomic E-state index is 0.272. The standard InChI is InChI=1S/C12H21NO2S2/c1-9-8-12(16-10(9)2)11(13-3)6-5-7-17(4,14)15/h8,11,13H,5-7H2,1-4H3. The summed E-state index contributed by atoms with van der Waals surface area (Å²) in [6.07, 6.45) is 2.87. The molecule has 1 heterocycles. The van der Waals surface area contributed by atoms with Gasteiger partial charge in [0.1, 0.15) is 9.84 Å². The van der Waals surface area contributed by atoms with E-state index in [-0.39, 0.29) is 11.8 Å². The highest BCUT2D eigenvalue weighted by molar-refractivity contribution is 7.90. The number of rotatable bonds is 6. The van der Waals surface area contributed by atoms with Crippen molar-refractivity contribution in [1.29, 1.82) is 0 Å². The van der Waals surface area contributed by atoms with E-state index in [4.69, 9.17) is 0 Å². The number of aryl methyl sites for hydroxylation is 2. The second-order valence-corrected chi connectivity index (χ2v) is 8.05. The van der Waals surface area contributed by atoms with E-state index in [1.807, 2.05) is 7.05 Å². The van der Waals surface area contributed by atoms with Crippen molar-refractivity contribution in [2.45, 2.75) is 32.7 Å². The molecule has 98 valence electrons. The highest BCUT2D eigenvalue weighted by Crippen LogP contribution is 2.28. The predicted octanol–water partition coefficient (Wildman–Crippen LogP) is 2.45. The van der Waals surface area contributed by atoms with Crippen LogP contribution in [0.15, 0.2) is 6.07 Å². The van der Waals surface area contributed by atoms with Gasteiger partial charge in [0.15, 0.2) is 0 Å². The molecule has 0 bridgehead atoms. The van der Waals surface area contributed by atoms with Crippen molar-refractivity contribution in [1.82, 2.24) is 5.32 Å². The van der Waals surface area contributed by atoms with E-state index < -0.39 is 9.84 Å². The molecule has 0 aromatic carbocycles.